The lowest BCUT2D eigenvalue weighted by Crippen LogP contribution is -2.21. The highest BCUT2D eigenvalue weighted by atomic mass is 16.5. The molecule has 0 heterocycles. The first-order chi connectivity index (χ1) is 8.26. The summed E-state index contributed by atoms with van der Waals surface area (Å²) in [7, 11) is 0. The highest BCUT2D eigenvalue weighted by molar-refractivity contribution is 5.28. The maximum atomic E-state index is 9.17. The predicted molar refractivity (Wildman–Crippen MR) is 67.0 cm³/mol. The SMILES string of the molecule is NCCCCc1cccc(OC[C@@H](O)CO)c1. The second kappa shape index (κ2) is 8.06. The molecule has 0 saturated heterocycles. The van der Waals surface area contributed by atoms with Gasteiger partial charge in [-0.2, -0.15) is 0 Å². The van der Waals surface area contributed by atoms with Crippen molar-refractivity contribution < 1.29 is 14.9 Å². The number of hydrogen-bond acceptors (Lipinski definition) is 4. The minimum absolute atomic E-state index is 0.114. The van der Waals surface area contributed by atoms with Crippen molar-refractivity contribution in [2.45, 2.75) is 25.4 Å². The third-order valence-corrected chi connectivity index (χ3v) is 2.47. The topological polar surface area (TPSA) is 75.7 Å². The smallest absolute Gasteiger partial charge is 0.119 e. The van der Waals surface area contributed by atoms with Crippen molar-refractivity contribution in [1.82, 2.24) is 0 Å². The number of rotatable bonds is 8. The monoisotopic (exact) mass is 239 g/mol. The van der Waals surface area contributed by atoms with Crippen LogP contribution in [0.5, 0.6) is 5.75 Å². The van der Waals surface area contributed by atoms with Crippen LogP contribution >= 0.6 is 0 Å². The molecule has 0 aliphatic rings. The lowest BCUT2D eigenvalue weighted by atomic mass is 10.1. The van der Waals surface area contributed by atoms with Crippen molar-refractivity contribution in [1.29, 1.82) is 0 Å². The van der Waals surface area contributed by atoms with Gasteiger partial charge in [0.05, 0.1) is 6.61 Å². The van der Waals surface area contributed by atoms with Crippen LogP contribution in [0.3, 0.4) is 0 Å². The molecule has 0 bridgehead atoms. The Morgan fingerprint density at radius 3 is 2.82 bits per heavy atom. The van der Waals surface area contributed by atoms with Crippen molar-refractivity contribution in [2.24, 2.45) is 5.73 Å². The number of aliphatic hydroxyl groups excluding tert-OH is 2. The largest absolute Gasteiger partial charge is 0.491 e. The van der Waals surface area contributed by atoms with Gasteiger partial charge in [0, 0.05) is 0 Å². The zero-order valence-electron chi connectivity index (χ0n) is 10.0. The Hall–Kier alpha value is -1.10. The van der Waals surface area contributed by atoms with Crippen LogP contribution < -0.4 is 10.5 Å². The van der Waals surface area contributed by atoms with Gasteiger partial charge < -0.3 is 20.7 Å². The summed E-state index contributed by atoms with van der Waals surface area (Å²) in [5, 5.41) is 17.8. The standard InChI is InChI=1S/C13H21NO3/c14-7-2-1-4-11-5-3-6-13(8-11)17-10-12(16)9-15/h3,5-6,8,12,15-16H,1-2,4,7,9-10,14H2/t12-/m0/s1. The molecule has 1 aromatic carbocycles. The fraction of sp³-hybridized carbons (Fsp3) is 0.538. The molecule has 1 aromatic rings. The van der Waals surface area contributed by atoms with E-state index < -0.39 is 6.10 Å². The molecule has 1 atom stereocenters. The zero-order chi connectivity index (χ0) is 12.5. The Morgan fingerprint density at radius 2 is 2.12 bits per heavy atom. The molecule has 4 N–H and O–H groups in total. The first kappa shape index (κ1) is 14.0. The minimum atomic E-state index is -0.823. The van der Waals surface area contributed by atoms with E-state index in [1.807, 2.05) is 24.3 Å². The molecule has 1 rings (SSSR count). The van der Waals surface area contributed by atoms with E-state index in [-0.39, 0.29) is 13.2 Å². The van der Waals surface area contributed by atoms with E-state index in [4.69, 9.17) is 15.6 Å². The zero-order valence-corrected chi connectivity index (χ0v) is 10.0. The predicted octanol–water partition coefficient (Wildman–Crippen LogP) is 0.700. The third-order valence-electron chi connectivity index (χ3n) is 2.47. The summed E-state index contributed by atoms with van der Waals surface area (Å²) in [6.07, 6.45) is 2.25. The van der Waals surface area contributed by atoms with Gasteiger partial charge in [0.2, 0.25) is 0 Å². The number of ether oxygens (including phenoxy) is 1. The highest BCUT2D eigenvalue weighted by Crippen LogP contribution is 2.15. The van der Waals surface area contributed by atoms with E-state index in [9.17, 15) is 5.11 Å². The van der Waals surface area contributed by atoms with E-state index in [1.165, 1.54) is 5.56 Å². The van der Waals surface area contributed by atoms with Gasteiger partial charge >= 0.3 is 0 Å². The van der Waals surface area contributed by atoms with Crippen LogP contribution in [0.15, 0.2) is 24.3 Å². The summed E-state index contributed by atoms with van der Waals surface area (Å²) in [5.41, 5.74) is 6.65. The molecule has 0 aromatic heterocycles. The van der Waals surface area contributed by atoms with Crippen molar-refractivity contribution in [3.05, 3.63) is 29.8 Å². The molecule has 0 saturated carbocycles. The van der Waals surface area contributed by atoms with Crippen LogP contribution in [-0.2, 0) is 6.42 Å². The molecule has 17 heavy (non-hydrogen) atoms. The number of benzene rings is 1. The molecule has 0 aliphatic heterocycles. The molecular formula is C13H21NO3. The lowest BCUT2D eigenvalue weighted by molar-refractivity contribution is 0.0536. The minimum Gasteiger partial charge on any atom is -0.491 e. The maximum Gasteiger partial charge on any atom is 0.119 e. The van der Waals surface area contributed by atoms with Crippen LogP contribution in [-0.4, -0.2) is 36.1 Å². The average molecular weight is 239 g/mol. The van der Waals surface area contributed by atoms with Crippen molar-refractivity contribution in [3.8, 4) is 5.75 Å². The third kappa shape index (κ3) is 5.68. The molecule has 0 spiro atoms. The fourth-order valence-electron chi connectivity index (χ4n) is 1.51. The van der Waals surface area contributed by atoms with E-state index in [1.54, 1.807) is 0 Å². The molecule has 0 radical (unpaired) electrons. The van der Waals surface area contributed by atoms with Gasteiger partial charge in [-0.15, -0.1) is 0 Å². The first-order valence-corrected chi connectivity index (χ1v) is 5.97. The van der Waals surface area contributed by atoms with E-state index in [0.29, 0.717) is 0 Å². The Balaban J connectivity index is 2.42. The summed E-state index contributed by atoms with van der Waals surface area (Å²) < 4.78 is 5.37. The van der Waals surface area contributed by atoms with Gasteiger partial charge in [-0.25, -0.2) is 0 Å². The molecule has 0 aliphatic carbocycles. The van der Waals surface area contributed by atoms with Crippen LogP contribution in [0.4, 0.5) is 0 Å². The first-order valence-electron chi connectivity index (χ1n) is 5.97. The van der Waals surface area contributed by atoms with Gasteiger partial charge in [0.25, 0.3) is 0 Å². The summed E-state index contributed by atoms with van der Waals surface area (Å²) in [6, 6.07) is 7.78. The van der Waals surface area contributed by atoms with Gasteiger partial charge in [0.1, 0.15) is 18.5 Å². The molecule has 96 valence electrons. The number of nitrogens with two attached hydrogens (primary N) is 1. The van der Waals surface area contributed by atoms with Crippen LogP contribution in [0.2, 0.25) is 0 Å². The molecule has 4 nitrogen and oxygen atoms in total. The normalized spacial score (nSPS) is 12.4. The summed E-state index contributed by atoms with van der Waals surface area (Å²) in [5.74, 6) is 0.725. The van der Waals surface area contributed by atoms with Gasteiger partial charge in [-0.1, -0.05) is 12.1 Å². The van der Waals surface area contributed by atoms with E-state index in [0.717, 1.165) is 31.6 Å². The number of aliphatic hydroxyl groups is 2. The average Bonchev–Trinajstić information content (AvgIpc) is 2.37. The molecule has 0 amide bonds. The molecular weight excluding hydrogens is 218 g/mol. The van der Waals surface area contributed by atoms with E-state index >= 15 is 0 Å². The Kier molecular flexibility index (Phi) is 6.62. The summed E-state index contributed by atoms with van der Waals surface area (Å²) in [4.78, 5) is 0. The number of aryl methyl sites for hydroxylation is 1. The van der Waals surface area contributed by atoms with Gasteiger partial charge in [0.15, 0.2) is 0 Å². The Bertz CT molecular complexity index is 317. The van der Waals surface area contributed by atoms with Crippen molar-refractivity contribution in [3.63, 3.8) is 0 Å². The van der Waals surface area contributed by atoms with Crippen LogP contribution in [0, 0.1) is 0 Å². The molecule has 0 unspecified atom stereocenters. The van der Waals surface area contributed by atoms with E-state index in [2.05, 4.69) is 0 Å². The van der Waals surface area contributed by atoms with Crippen molar-refractivity contribution >= 4 is 0 Å². The number of unbranched alkanes of at least 4 members (excludes halogenated alkanes) is 1. The molecule has 0 fully saturated rings. The van der Waals surface area contributed by atoms with Crippen molar-refractivity contribution in [2.75, 3.05) is 19.8 Å². The lowest BCUT2D eigenvalue weighted by Gasteiger charge is -2.10. The summed E-state index contributed by atoms with van der Waals surface area (Å²) >= 11 is 0. The van der Waals surface area contributed by atoms with Crippen LogP contribution in [0.25, 0.3) is 0 Å². The van der Waals surface area contributed by atoms with Crippen LogP contribution in [0.1, 0.15) is 18.4 Å². The maximum absolute atomic E-state index is 9.17. The fourth-order valence-corrected chi connectivity index (χ4v) is 1.51. The quantitative estimate of drug-likeness (QED) is 0.584. The number of hydrogen-bond donors (Lipinski definition) is 3. The highest BCUT2D eigenvalue weighted by Gasteiger charge is 2.03. The second-order valence-corrected chi connectivity index (χ2v) is 4.04. The Morgan fingerprint density at radius 1 is 1.29 bits per heavy atom. The molecule has 4 heteroatoms. The Labute approximate surface area is 102 Å². The second-order valence-electron chi connectivity index (χ2n) is 4.04. The van der Waals surface area contributed by atoms with Gasteiger partial charge in [-0.3, -0.25) is 0 Å². The summed E-state index contributed by atoms with van der Waals surface area (Å²) in [6.45, 7) is 0.553. The van der Waals surface area contributed by atoms with Gasteiger partial charge in [-0.05, 0) is 43.5 Å².